The van der Waals surface area contributed by atoms with E-state index in [4.69, 9.17) is 15.2 Å². The Labute approximate surface area is 176 Å². The van der Waals surface area contributed by atoms with Gasteiger partial charge < -0.3 is 25.6 Å². The second-order valence-corrected chi connectivity index (χ2v) is 7.08. The molecular formula is C21H30N6O3. The molecule has 4 N–H and O–H groups in total. The van der Waals surface area contributed by atoms with E-state index < -0.39 is 0 Å². The first-order chi connectivity index (χ1) is 14.6. The first kappa shape index (κ1) is 21.8. The fourth-order valence-corrected chi connectivity index (χ4v) is 3.20. The van der Waals surface area contributed by atoms with E-state index in [1.807, 2.05) is 31.3 Å². The highest BCUT2D eigenvalue weighted by molar-refractivity contribution is 5.59. The molecule has 0 bridgehead atoms. The molecule has 0 saturated heterocycles. The van der Waals surface area contributed by atoms with Gasteiger partial charge >= 0.3 is 6.01 Å². The van der Waals surface area contributed by atoms with Gasteiger partial charge in [-0.3, -0.25) is 0 Å². The molecule has 0 fully saturated rings. The van der Waals surface area contributed by atoms with E-state index in [-0.39, 0.29) is 24.5 Å². The topological polar surface area (TPSA) is 120 Å². The van der Waals surface area contributed by atoms with Gasteiger partial charge in [0, 0.05) is 26.0 Å². The summed E-state index contributed by atoms with van der Waals surface area (Å²) in [6.45, 7) is 3.50. The molecular weight excluding hydrogens is 384 g/mol. The van der Waals surface area contributed by atoms with Crippen LogP contribution in [0.25, 0.3) is 5.65 Å². The lowest BCUT2D eigenvalue weighted by Crippen LogP contribution is -2.20. The molecule has 9 nitrogen and oxygen atoms in total. The molecule has 0 aliphatic heterocycles. The maximum atomic E-state index is 9.26. The second kappa shape index (κ2) is 10.7. The minimum Gasteiger partial charge on any atom is -0.492 e. The number of rotatable bonds is 12. The zero-order valence-electron chi connectivity index (χ0n) is 17.5. The lowest BCUT2D eigenvalue weighted by atomic mass is 10.1. The maximum absolute atomic E-state index is 9.26. The molecule has 9 heteroatoms. The summed E-state index contributed by atoms with van der Waals surface area (Å²) in [5.74, 6) is 1.08. The van der Waals surface area contributed by atoms with Crippen LogP contribution in [0.3, 0.4) is 0 Å². The van der Waals surface area contributed by atoms with Gasteiger partial charge in [0.25, 0.3) is 0 Å². The van der Waals surface area contributed by atoms with Crippen molar-refractivity contribution < 1.29 is 14.6 Å². The third kappa shape index (κ3) is 5.58. The SMILES string of the molecule is CCCC(CCO)Oc1nc(N)c2ncc(Cc3cccc(OCCNC)c3)n2n1. The Bertz CT molecular complexity index is 940. The van der Waals surface area contributed by atoms with Crippen LogP contribution < -0.4 is 20.5 Å². The molecule has 3 aromatic rings. The largest absolute Gasteiger partial charge is 0.492 e. The van der Waals surface area contributed by atoms with E-state index >= 15 is 0 Å². The van der Waals surface area contributed by atoms with E-state index in [0.717, 1.165) is 36.4 Å². The quantitative estimate of drug-likeness (QED) is 0.384. The van der Waals surface area contributed by atoms with Crippen molar-refractivity contribution in [2.24, 2.45) is 0 Å². The van der Waals surface area contributed by atoms with E-state index in [0.29, 0.717) is 25.1 Å². The van der Waals surface area contributed by atoms with Gasteiger partial charge in [-0.15, -0.1) is 5.10 Å². The fourth-order valence-electron chi connectivity index (χ4n) is 3.20. The Balaban J connectivity index is 1.81. The smallest absolute Gasteiger partial charge is 0.336 e. The summed E-state index contributed by atoms with van der Waals surface area (Å²) >= 11 is 0. The predicted molar refractivity (Wildman–Crippen MR) is 115 cm³/mol. The number of aromatic nitrogens is 4. The van der Waals surface area contributed by atoms with Crippen molar-refractivity contribution >= 4 is 11.5 Å². The number of hydrogen-bond donors (Lipinski definition) is 3. The highest BCUT2D eigenvalue weighted by Gasteiger charge is 2.16. The van der Waals surface area contributed by atoms with E-state index in [1.165, 1.54) is 0 Å². The summed E-state index contributed by atoms with van der Waals surface area (Å²) in [5.41, 5.74) is 8.52. The molecule has 1 aromatic carbocycles. The van der Waals surface area contributed by atoms with Gasteiger partial charge in [0.15, 0.2) is 11.5 Å². The Kier molecular flexibility index (Phi) is 7.81. The number of aliphatic hydroxyl groups is 1. The number of fused-ring (bicyclic) bond motifs is 1. The fraction of sp³-hybridized carbons (Fsp3) is 0.476. The lowest BCUT2D eigenvalue weighted by molar-refractivity contribution is 0.133. The second-order valence-electron chi connectivity index (χ2n) is 7.08. The number of nitrogen functional groups attached to an aromatic ring is 1. The van der Waals surface area contributed by atoms with Crippen LogP contribution in [0.5, 0.6) is 11.8 Å². The number of nitrogens with zero attached hydrogens (tertiary/aromatic N) is 4. The Morgan fingerprint density at radius 3 is 2.93 bits per heavy atom. The van der Waals surface area contributed by atoms with Crippen molar-refractivity contribution in [3.05, 3.63) is 41.7 Å². The normalized spacial score (nSPS) is 12.2. The van der Waals surface area contributed by atoms with Crippen molar-refractivity contribution in [2.75, 3.05) is 32.5 Å². The molecule has 0 amide bonds. The molecule has 0 aliphatic carbocycles. The molecule has 1 atom stereocenters. The average molecular weight is 415 g/mol. The van der Waals surface area contributed by atoms with Gasteiger partial charge in [0.2, 0.25) is 0 Å². The molecule has 0 spiro atoms. The van der Waals surface area contributed by atoms with Crippen LogP contribution >= 0.6 is 0 Å². The number of nitrogens with two attached hydrogens (primary N) is 1. The van der Waals surface area contributed by atoms with Gasteiger partial charge in [-0.2, -0.15) is 4.98 Å². The van der Waals surface area contributed by atoms with Gasteiger partial charge in [0.05, 0.1) is 11.9 Å². The van der Waals surface area contributed by atoms with E-state index in [9.17, 15) is 5.11 Å². The zero-order valence-corrected chi connectivity index (χ0v) is 17.5. The number of likely N-dealkylation sites (N-methyl/N-ethyl adjacent to an activating group) is 1. The Morgan fingerprint density at radius 2 is 2.17 bits per heavy atom. The predicted octanol–water partition coefficient (Wildman–Crippen LogP) is 1.83. The summed E-state index contributed by atoms with van der Waals surface area (Å²) in [5, 5.41) is 16.8. The van der Waals surface area contributed by atoms with Crippen molar-refractivity contribution in [1.82, 2.24) is 24.9 Å². The zero-order chi connectivity index (χ0) is 21.3. The van der Waals surface area contributed by atoms with Crippen LogP contribution in [-0.2, 0) is 6.42 Å². The van der Waals surface area contributed by atoms with Gasteiger partial charge in [-0.25, -0.2) is 9.50 Å². The lowest BCUT2D eigenvalue weighted by Gasteiger charge is -2.16. The number of ether oxygens (including phenoxy) is 2. The number of hydrogen-bond acceptors (Lipinski definition) is 8. The van der Waals surface area contributed by atoms with Crippen LogP contribution in [0.15, 0.2) is 30.5 Å². The summed E-state index contributed by atoms with van der Waals surface area (Å²) in [6.07, 6.45) is 4.46. The highest BCUT2D eigenvalue weighted by atomic mass is 16.5. The Hall–Kier alpha value is -2.91. The molecule has 30 heavy (non-hydrogen) atoms. The highest BCUT2D eigenvalue weighted by Crippen LogP contribution is 2.20. The van der Waals surface area contributed by atoms with Gasteiger partial charge in [-0.05, 0) is 31.2 Å². The van der Waals surface area contributed by atoms with Crippen LogP contribution in [-0.4, -0.2) is 57.6 Å². The first-order valence-electron chi connectivity index (χ1n) is 10.3. The molecule has 0 radical (unpaired) electrons. The van der Waals surface area contributed by atoms with Crippen LogP contribution in [0.1, 0.15) is 37.4 Å². The summed E-state index contributed by atoms with van der Waals surface area (Å²) in [6, 6.07) is 8.14. The monoisotopic (exact) mass is 414 g/mol. The van der Waals surface area contributed by atoms with Crippen LogP contribution in [0, 0.1) is 0 Å². The summed E-state index contributed by atoms with van der Waals surface area (Å²) in [4.78, 5) is 8.60. The van der Waals surface area contributed by atoms with E-state index in [2.05, 4.69) is 27.3 Å². The summed E-state index contributed by atoms with van der Waals surface area (Å²) in [7, 11) is 1.89. The number of aliphatic hydroxyl groups excluding tert-OH is 1. The number of benzene rings is 1. The third-order valence-corrected chi connectivity index (χ3v) is 4.68. The number of nitrogens with one attached hydrogen (secondary N) is 1. The Morgan fingerprint density at radius 1 is 1.30 bits per heavy atom. The van der Waals surface area contributed by atoms with Crippen molar-refractivity contribution in [2.45, 2.75) is 38.7 Å². The van der Waals surface area contributed by atoms with Crippen molar-refractivity contribution in [3.8, 4) is 11.8 Å². The average Bonchev–Trinajstić information content (AvgIpc) is 3.12. The van der Waals surface area contributed by atoms with Crippen molar-refractivity contribution in [3.63, 3.8) is 0 Å². The van der Waals surface area contributed by atoms with Crippen molar-refractivity contribution in [1.29, 1.82) is 0 Å². The van der Waals surface area contributed by atoms with Crippen LogP contribution in [0.2, 0.25) is 0 Å². The first-order valence-corrected chi connectivity index (χ1v) is 10.3. The molecule has 2 aromatic heterocycles. The molecule has 3 rings (SSSR count). The number of imidazole rings is 1. The molecule has 2 heterocycles. The molecule has 162 valence electrons. The molecule has 1 unspecified atom stereocenters. The standard InChI is InChI=1S/C21H30N6O3/c1-3-5-17(8-10-28)30-21-25-19(22)20-24-14-16(27(20)26-21)12-15-6-4-7-18(13-15)29-11-9-23-2/h4,6-7,13-14,17,23,28H,3,5,8-12H2,1-2H3,(H2,22,25,26). The molecule has 0 saturated carbocycles. The van der Waals surface area contributed by atoms with Gasteiger partial charge in [-0.1, -0.05) is 25.5 Å². The minimum absolute atomic E-state index is 0.0471. The van der Waals surface area contributed by atoms with Gasteiger partial charge in [0.1, 0.15) is 18.5 Å². The maximum Gasteiger partial charge on any atom is 0.336 e. The van der Waals surface area contributed by atoms with Crippen LogP contribution in [0.4, 0.5) is 5.82 Å². The third-order valence-electron chi connectivity index (χ3n) is 4.68. The summed E-state index contributed by atoms with van der Waals surface area (Å²) < 4.78 is 13.3. The minimum atomic E-state index is -0.157. The number of anilines is 1. The van der Waals surface area contributed by atoms with E-state index in [1.54, 1.807) is 10.7 Å². The molecule has 0 aliphatic rings.